The van der Waals surface area contributed by atoms with Crippen molar-refractivity contribution in [2.75, 3.05) is 7.11 Å². The Hall–Kier alpha value is -2.71. The van der Waals surface area contributed by atoms with Gasteiger partial charge >= 0.3 is 0 Å². The third-order valence-electron chi connectivity index (χ3n) is 3.73. The summed E-state index contributed by atoms with van der Waals surface area (Å²) in [6.07, 6.45) is 7.01. The van der Waals surface area contributed by atoms with Crippen molar-refractivity contribution in [2.24, 2.45) is 0 Å². The standard InChI is InChI=1S/C18H15NO3S/c1-4-14-7-10-17(22-3)18-16(14)11-12-19(18)23(20,21)15-8-5-13(2)6-9-15/h1,5-12H,2-3H3. The highest BCUT2D eigenvalue weighted by atomic mass is 32.2. The Morgan fingerprint density at radius 2 is 1.78 bits per heavy atom. The normalized spacial score (nSPS) is 11.3. The lowest BCUT2D eigenvalue weighted by molar-refractivity contribution is 0.418. The highest BCUT2D eigenvalue weighted by Gasteiger charge is 2.21. The Labute approximate surface area is 135 Å². The molecular formula is C18H15NO3S. The van der Waals surface area contributed by atoms with Gasteiger partial charge in [-0.3, -0.25) is 0 Å². The fourth-order valence-corrected chi connectivity index (χ4v) is 3.87. The Bertz CT molecular complexity index is 1020. The molecule has 3 aromatic rings. The van der Waals surface area contributed by atoms with E-state index in [4.69, 9.17) is 11.2 Å². The number of methoxy groups -OCH3 is 1. The fraction of sp³-hybridized carbons (Fsp3) is 0.111. The molecule has 23 heavy (non-hydrogen) atoms. The zero-order chi connectivity index (χ0) is 16.6. The summed E-state index contributed by atoms with van der Waals surface area (Å²) >= 11 is 0. The van der Waals surface area contributed by atoms with Crippen LogP contribution in [0.15, 0.2) is 53.6 Å². The van der Waals surface area contributed by atoms with E-state index >= 15 is 0 Å². The van der Waals surface area contributed by atoms with E-state index in [-0.39, 0.29) is 4.90 Å². The van der Waals surface area contributed by atoms with Crippen LogP contribution in [-0.4, -0.2) is 19.5 Å². The highest BCUT2D eigenvalue weighted by Crippen LogP contribution is 2.32. The van der Waals surface area contributed by atoms with Crippen LogP contribution in [0, 0.1) is 19.3 Å². The van der Waals surface area contributed by atoms with Crippen LogP contribution < -0.4 is 4.74 Å². The molecule has 0 atom stereocenters. The van der Waals surface area contributed by atoms with E-state index in [9.17, 15) is 8.42 Å². The van der Waals surface area contributed by atoms with E-state index in [0.29, 0.717) is 22.2 Å². The Morgan fingerprint density at radius 1 is 1.09 bits per heavy atom. The Kier molecular flexibility index (Phi) is 3.63. The summed E-state index contributed by atoms with van der Waals surface area (Å²) in [5.41, 5.74) is 2.07. The first-order chi connectivity index (χ1) is 11.0. The second kappa shape index (κ2) is 5.49. The number of aryl methyl sites for hydroxylation is 1. The van der Waals surface area contributed by atoms with Gasteiger partial charge in [-0.25, -0.2) is 12.4 Å². The molecule has 5 heteroatoms. The molecule has 0 amide bonds. The van der Waals surface area contributed by atoms with Gasteiger partial charge in [-0.2, -0.15) is 0 Å². The maximum absolute atomic E-state index is 12.9. The lowest BCUT2D eigenvalue weighted by Crippen LogP contribution is -2.12. The summed E-state index contributed by atoms with van der Waals surface area (Å²) in [5.74, 6) is 3.03. The lowest BCUT2D eigenvalue weighted by Gasteiger charge is -2.11. The second-order valence-electron chi connectivity index (χ2n) is 5.15. The molecular weight excluding hydrogens is 310 g/mol. The van der Waals surface area contributed by atoms with Crippen molar-refractivity contribution in [3.63, 3.8) is 0 Å². The largest absolute Gasteiger partial charge is 0.495 e. The van der Waals surface area contributed by atoms with Gasteiger partial charge in [0.05, 0.1) is 12.0 Å². The van der Waals surface area contributed by atoms with Crippen molar-refractivity contribution in [3.8, 4) is 18.1 Å². The summed E-state index contributed by atoms with van der Waals surface area (Å²) in [7, 11) is -2.23. The van der Waals surface area contributed by atoms with Gasteiger partial charge in [0.25, 0.3) is 10.0 Å². The van der Waals surface area contributed by atoms with E-state index < -0.39 is 10.0 Å². The summed E-state index contributed by atoms with van der Waals surface area (Å²) in [6, 6.07) is 11.8. The first kappa shape index (κ1) is 15.2. The molecule has 0 radical (unpaired) electrons. The van der Waals surface area contributed by atoms with Crippen LogP contribution in [0.5, 0.6) is 5.75 Å². The van der Waals surface area contributed by atoms with Crippen molar-refractivity contribution in [1.82, 2.24) is 3.97 Å². The van der Waals surface area contributed by atoms with E-state index in [0.717, 1.165) is 5.56 Å². The van der Waals surface area contributed by atoms with Crippen LogP contribution in [0.25, 0.3) is 10.9 Å². The van der Waals surface area contributed by atoms with Crippen LogP contribution in [0.1, 0.15) is 11.1 Å². The molecule has 0 bridgehead atoms. The molecule has 0 aliphatic carbocycles. The maximum Gasteiger partial charge on any atom is 0.268 e. The van der Waals surface area contributed by atoms with E-state index in [2.05, 4.69) is 5.92 Å². The average molecular weight is 325 g/mol. The van der Waals surface area contributed by atoms with Crippen molar-refractivity contribution < 1.29 is 13.2 Å². The third-order valence-corrected chi connectivity index (χ3v) is 5.42. The van der Waals surface area contributed by atoms with E-state index in [1.807, 2.05) is 6.92 Å². The number of nitrogens with zero attached hydrogens (tertiary/aromatic N) is 1. The summed E-state index contributed by atoms with van der Waals surface area (Å²) in [6.45, 7) is 1.91. The van der Waals surface area contributed by atoms with Gasteiger partial charge in [-0.1, -0.05) is 23.6 Å². The topological polar surface area (TPSA) is 48.3 Å². The molecule has 1 aromatic heterocycles. The van der Waals surface area contributed by atoms with E-state index in [1.165, 1.54) is 17.3 Å². The number of hydrogen-bond acceptors (Lipinski definition) is 3. The van der Waals surface area contributed by atoms with Crippen LogP contribution in [0.2, 0.25) is 0 Å². The third kappa shape index (κ3) is 2.37. The molecule has 0 fully saturated rings. The predicted molar refractivity (Wildman–Crippen MR) is 90.2 cm³/mol. The number of ether oxygens (including phenoxy) is 1. The van der Waals surface area contributed by atoms with Gasteiger partial charge in [0.15, 0.2) is 0 Å². The SMILES string of the molecule is C#Cc1ccc(OC)c2c1ccn2S(=O)(=O)c1ccc(C)cc1. The number of hydrogen-bond donors (Lipinski definition) is 0. The minimum atomic E-state index is -3.73. The molecule has 4 nitrogen and oxygen atoms in total. The number of aromatic nitrogens is 1. The fourth-order valence-electron chi connectivity index (χ4n) is 2.52. The summed E-state index contributed by atoms with van der Waals surface area (Å²) in [5, 5.41) is 0.669. The number of benzene rings is 2. The van der Waals surface area contributed by atoms with Gasteiger partial charge in [0.2, 0.25) is 0 Å². The van der Waals surface area contributed by atoms with Crippen LogP contribution in [0.4, 0.5) is 0 Å². The van der Waals surface area contributed by atoms with Gasteiger partial charge < -0.3 is 4.74 Å². The van der Waals surface area contributed by atoms with Gasteiger partial charge in [0, 0.05) is 17.1 Å². The smallest absolute Gasteiger partial charge is 0.268 e. The van der Waals surface area contributed by atoms with Crippen molar-refractivity contribution in [3.05, 3.63) is 59.8 Å². The molecule has 0 aliphatic rings. The van der Waals surface area contributed by atoms with E-state index in [1.54, 1.807) is 42.5 Å². The molecule has 1 heterocycles. The minimum Gasteiger partial charge on any atom is -0.495 e. The first-order valence-corrected chi connectivity index (χ1v) is 8.40. The minimum absolute atomic E-state index is 0.216. The summed E-state index contributed by atoms with van der Waals surface area (Å²) < 4.78 is 32.4. The average Bonchev–Trinajstić information content (AvgIpc) is 3.00. The van der Waals surface area contributed by atoms with Crippen LogP contribution >= 0.6 is 0 Å². The molecule has 0 aliphatic heterocycles. The molecule has 0 unspecified atom stereocenters. The molecule has 0 saturated carbocycles. The molecule has 116 valence electrons. The first-order valence-electron chi connectivity index (χ1n) is 6.96. The van der Waals surface area contributed by atoms with Gasteiger partial charge in [0.1, 0.15) is 11.3 Å². The molecule has 0 N–H and O–H groups in total. The van der Waals surface area contributed by atoms with Crippen molar-refractivity contribution >= 4 is 20.9 Å². The van der Waals surface area contributed by atoms with Gasteiger partial charge in [-0.15, -0.1) is 6.42 Å². The zero-order valence-corrected chi connectivity index (χ0v) is 13.6. The predicted octanol–water partition coefficient (Wildman–Crippen LogP) is 3.18. The lowest BCUT2D eigenvalue weighted by atomic mass is 10.1. The van der Waals surface area contributed by atoms with Crippen molar-refractivity contribution in [1.29, 1.82) is 0 Å². The molecule has 0 saturated heterocycles. The Balaban J connectivity index is 2.32. The maximum atomic E-state index is 12.9. The number of rotatable bonds is 3. The second-order valence-corrected chi connectivity index (χ2v) is 6.97. The number of terminal acetylenes is 1. The van der Waals surface area contributed by atoms with Gasteiger partial charge in [-0.05, 0) is 37.3 Å². The Morgan fingerprint density at radius 3 is 2.39 bits per heavy atom. The quantitative estimate of drug-likeness (QED) is 0.695. The number of fused-ring (bicyclic) bond motifs is 1. The summed E-state index contributed by atoms with van der Waals surface area (Å²) in [4.78, 5) is 0.216. The monoisotopic (exact) mass is 325 g/mol. The molecule has 3 rings (SSSR count). The molecule has 0 spiro atoms. The van der Waals surface area contributed by atoms with Crippen LogP contribution in [-0.2, 0) is 10.0 Å². The highest BCUT2D eigenvalue weighted by molar-refractivity contribution is 7.90. The van der Waals surface area contributed by atoms with Crippen LogP contribution in [0.3, 0.4) is 0 Å². The zero-order valence-electron chi connectivity index (χ0n) is 12.8. The molecule has 2 aromatic carbocycles. The van der Waals surface area contributed by atoms with Crippen molar-refractivity contribution in [2.45, 2.75) is 11.8 Å².